The van der Waals surface area contributed by atoms with Gasteiger partial charge in [-0.05, 0) is 48.5 Å². The molecule has 0 aromatic carbocycles. The Morgan fingerprint density at radius 1 is 1.28 bits per heavy atom. The zero-order valence-electron chi connectivity index (χ0n) is 21.9. The van der Waals surface area contributed by atoms with Crippen molar-refractivity contribution >= 4 is 34.0 Å². The van der Waals surface area contributed by atoms with Gasteiger partial charge < -0.3 is 9.88 Å². The highest BCUT2D eigenvalue weighted by Gasteiger charge is 2.32. The number of hydrogen-bond donors (Lipinski definition) is 1. The molecule has 2 aliphatic carbocycles. The zero-order valence-corrected chi connectivity index (χ0v) is 23.6. The number of nitrogens with one attached hydrogen (secondary N) is 1. The van der Waals surface area contributed by atoms with E-state index in [1.165, 1.54) is 48.7 Å². The number of fused-ring (bicyclic) bond motifs is 1. The number of rotatable bonds is 9. The van der Waals surface area contributed by atoms with Crippen molar-refractivity contribution in [2.75, 3.05) is 11.1 Å². The molecule has 0 aliphatic heterocycles. The van der Waals surface area contributed by atoms with Crippen LogP contribution in [0.3, 0.4) is 0 Å². The molecule has 194 valence electrons. The van der Waals surface area contributed by atoms with Crippen LogP contribution in [0.4, 0.5) is 5.00 Å². The standard InChI is InChI=1S/C28H39N5OS2/c1-5-15-33-24(14-11-19-9-7-6-8-10-19)31-32-27(33)35-18-25(34)30-26-22(17-29)21-13-12-20(28(2,3)4)16-23(21)36-26/h5,19-20H,1,6-16,18H2,2-4H3,(H,30,34). The van der Waals surface area contributed by atoms with Gasteiger partial charge >= 0.3 is 0 Å². The number of carbonyl (C=O) groups is 1. The van der Waals surface area contributed by atoms with Gasteiger partial charge in [0.25, 0.3) is 0 Å². The number of allylic oxidation sites excluding steroid dienone is 1. The number of anilines is 1. The van der Waals surface area contributed by atoms with Crippen molar-refractivity contribution in [1.82, 2.24) is 14.8 Å². The fourth-order valence-electron chi connectivity index (χ4n) is 5.56. The number of nitriles is 1. The average molecular weight is 526 g/mol. The fourth-order valence-corrected chi connectivity index (χ4v) is 7.62. The summed E-state index contributed by atoms with van der Waals surface area (Å²) >= 11 is 2.98. The molecular formula is C28H39N5OS2. The highest BCUT2D eigenvalue weighted by Crippen LogP contribution is 2.44. The monoisotopic (exact) mass is 525 g/mol. The van der Waals surface area contributed by atoms with Gasteiger partial charge in [-0.3, -0.25) is 4.79 Å². The first-order valence-corrected chi connectivity index (χ1v) is 15.1. The zero-order chi connectivity index (χ0) is 25.7. The summed E-state index contributed by atoms with van der Waals surface area (Å²) in [6.45, 7) is 11.4. The van der Waals surface area contributed by atoms with Gasteiger partial charge in [-0.1, -0.05) is 70.7 Å². The summed E-state index contributed by atoms with van der Waals surface area (Å²) in [6.07, 6.45) is 13.6. The van der Waals surface area contributed by atoms with Gasteiger partial charge in [-0.2, -0.15) is 5.26 Å². The Hall–Kier alpha value is -2.11. The topological polar surface area (TPSA) is 83.6 Å². The van der Waals surface area contributed by atoms with E-state index in [-0.39, 0.29) is 17.1 Å². The number of hydrogen-bond acceptors (Lipinski definition) is 6. The lowest BCUT2D eigenvalue weighted by molar-refractivity contribution is -0.113. The Labute approximate surface area is 224 Å². The Morgan fingerprint density at radius 3 is 2.75 bits per heavy atom. The van der Waals surface area contributed by atoms with Gasteiger partial charge in [-0.25, -0.2) is 0 Å². The summed E-state index contributed by atoms with van der Waals surface area (Å²) in [4.78, 5) is 14.1. The van der Waals surface area contributed by atoms with Crippen LogP contribution in [-0.4, -0.2) is 26.4 Å². The SMILES string of the molecule is C=CCn1c(CCC2CCCCC2)nnc1SCC(=O)Nc1sc2c(c1C#N)CCC(C(C)(C)C)C2. The number of thioether (sulfide) groups is 1. The molecule has 2 aromatic heterocycles. The second-order valence-electron chi connectivity index (χ2n) is 11.3. The van der Waals surface area contributed by atoms with Crippen LogP contribution < -0.4 is 5.32 Å². The summed E-state index contributed by atoms with van der Waals surface area (Å²) < 4.78 is 2.09. The second-order valence-corrected chi connectivity index (χ2v) is 13.4. The van der Waals surface area contributed by atoms with Gasteiger partial charge in [0.2, 0.25) is 5.91 Å². The maximum Gasteiger partial charge on any atom is 0.235 e. The molecule has 1 fully saturated rings. The van der Waals surface area contributed by atoms with E-state index in [2.05, 4.69) is 53.5 Å². The number of aryl methyl sites for hydroxylation is 1. The van der Waals surface area contributed by atoms with E-state index in [1.54, 1.807) is 11.3 Å². The van der Waals surface area contributed by atoms with Crippen molar-refractivity contribution in [1.29, 1.82) is 5.26 Å². The van der Waals surface area contributed by atoms with Crippen molar-refractivity contribution < 1.29 is 4.79 Å². The smallest absolute Gasteiger partial charge is 0.235 e. The van der Waals surface area contributed by atoms with Crippen molar-refractivity contribution in [3.05, 3.63) is 34.5 Å². The van der Waals surface area contributed by atoms with E-state index in [1.807, 2.05) is 6.08 Å². The summed E-state index contributed by atoms with van der Waals surface area (Å²) in [7, 11) is 0. The molecule has 1 atom stereocenters. The molecule has 6 nitrogen and oxygen atoms in total. The maximum absolute atomic E-state index is 12.9. The largest absolute Gasteiger partial charge is 0.316 e. The number of nitrogens with zero attached hydrogens (tertiary/aromatic N) is 4. The third-order valence-electron chi connectivity index (χ3n) is 7.79. The van der Waals surface area contributed by atoms with Gasteiger partial charge in [0.1, 0.15) is 16.9 Å². The molecular weight excluding hydrogens is 486 g/mol. The van der Waals surface area contributed by atoms with E-state index >= 15 is 0 Å². The summed E-state index contributed by atoms with van der Waals surface area (Å²) in [6, 6.07) is 2.36. The molecule has 0 saturated heterocycles. The molecule has 0 spiro atoms. The van der Waals surface area contributed by atoms with Crippen molar-refractivity contribution in [3.8, 4) is 6.07 Å². The molecule has 8 heteroatoms. The molecule has 36 heavy (non-hydrogen) atoms. The number of carbonyl (C=O) groups excluding carboxylic acids is 1. The minimum Gasteiger partial charge on any atom is -0.316 e. The lowest BCUT2D eigenvalue weighted by Crippen LogP contribution is -2.26. The van der Waals surface area contributed by atoms with E-state index in [0.29, 0.717) is 23.0 Å². The summed E-state index contributed by atoms with van der Waals surface area (Å²) in [5.41, 5.74) is 2.03. The first-order chi connectivity index (χ1) is 17.3. The van der Waals surface area contributed by atoms with Crippen LogP contribution in [-0.2, 0) is 30.6 Å². The quantitative estimate of drug-likeness (QED) is 0.288. The van der Waals surface area contributed by atoms with E-state index < -0.39 is 0 Å². The molecule has 4 rings (SSSR count). The van der Waals surface area contributed by atoms with E-state index in [4.69, 9.17) is 0 Å². The molecule has 2 heterocycles. The third kappa shape index (κ3) is 6.41. The van der Waals surface area contributed by atoms with Crippen LogP contribution in [0.15, 0.2) is 17.8 Å². The first-order valence-electron chi connectivity index (χ1n) is 13.3. The predicted octanol–water partition coefficient (Wildman–Crippen LogP) is 6.79. The lowest BCUT2D eigenvalue weighted by atomic mass is 9.72. The van der Waals surface area contributed by atoms with Gasteiger partial charge in [0, 0.05) is 17.8 Å². The molecule has 1 N–H and O–H groups in total. The number of amides is 1. The average Bonchev–Trinajstić information content (AvgIpc) is 3.41. The van der Waals surface area contributed by atoms with Crippen LogP contribution in [0.1, 0.15) is 87.5 Å². The molecule has 0 bridgehead atoms. The highest BCUT2D eigenvalue weighted by molar-refractivity contribution is 7.99. The molecule has 1 amide bonds. The van der Waals surface area contributed by atoms with E-state index in [9.17, 15) is 10.1 Å². The number of thiophene rings is 1. The van der Waals surface area contributed by atoms with Crippen LogP contribution in [0.5, 0.6) is 0 Å². The molecule has 1 saturated carbocycles. The fraction of sp³-hybridized carbons (Fsp3) is 0.643. The predicted molar refractivity (Wildman–Crippen MR) is 148 cm³/mol. The van der Waals surface area contributed by atoms with Gasteiger partial charge in [0.15, 0.2) is 5.16 Å². The van der Waals surface area contributed by atoms with Crippen molar-refractivity contribution in [2.45, 2.75) is 96.7 Å². The Bertz CT molecular complexity index is 1110. The molecule has 0 radical (unpaired) electrons. The Kier molecular flexibility index (Phi) is 8.95. The van der Waals surface area contributed by atoms with Crippen molar-refractivity contribution in [3.63, 3.8) is 0 Å². The minimum atomic E-state index is -0.112. The van der Waals surface area contributed by atoms with E-state index in [0.717, 1.165) is 54.6 Å². The maximum atomic E-state index is 12.9. The second kappa shape index (κ2) is 12.0. The molecule has 1 unspecified atom stereocenters. The van der Waals surface area contributed by atoms with Crippen LogP contribution in [0, 0.1) is 28.6 Å². The Morgan fingerprint density at radius 2 is 2.06 bits per heavy atom. The van der Waals surface area contributed by atoms with Crippen molar-refractivity contribution in [2.24, 2.45) is 17.3 Å². The van der Waals surface area contributed by atoms with Gasteiger partial charge in [-0.15, -0.1) is 28.1 Å². The third-order valence-corrected chi connectivity index (χ3v) is 9.93. The van der Waals surface area contributed by atoms with Crippen LogP contribution in [0.25, 0.3) is 0 Å². The van der Waals surface area contributed by atoms with Crippen LogP contribution in [0.2, 0.25) is 0 Å². The molecule has 2 aliphatic rings. The Balaban J connectivity index is 1.37. The number of aromatic nitrogens is 3. The summed E-state index contributed by atoms with van der Waals surface area (Å²) in [5.74, 6) is 2.49. The lowest BCUT2D eigenvalue weighted by Gasteiger charge is -2.33. The highest BCUT2D eigenvalue weighted by atomic mass is 32.2. The first kappa shape index (κ1) is 26.9. The normalized spacial score (nSPS) is 18.4. The van der Waals surface area contributed by atoms with Gasteiger partial charge in [0.05, 0.1) is 11.3 Å². The summed E-state index contributed by atoms with van der Waals surface area (Å²) in [5, 5.41) is 23.1. The van der Waals surface area contributed by atoms with Crippen LogP contribution >= 0.6 is 23.1 Å². The molecule has 2 aromatic rings. The minimum absolute atomic E-state index is 0.112.